The van der Waals surface area contributed by atoms with Crippen LogP contribution in [0.1, 0.15) is 19.3 Å². The van der Waals surface area contributed by atoms with Gasteiger partial charge in [0.2, 0.25) is 5.91 Å². The topological polar surface area (TPSA) is 20.3 Å². The summed E-state index contributed by atoms with van der Waals surface area (Å²) in [5.41, 5.74) is 0. The number of hydrogen-bond acceptors (Lipinski definition) is 1. The Kier molecular flexibility index (Phi) is 1.60. The quantitative estimate of drug-likeness (QED) is 0.505. The molecular formula is C8H12ClNO. The lowest BCUT2D eigenvalue weighted by Gasteiger charge is -2.25. The molecule has 62 valence electrons. The van der Waals surface area contributed by atoms with Crippen molar-refractivity contribution in [2.24, 2.45) is 5.92 Å². The minimum Gasteiger partial charge on any atom is -0.341 e. The highest BCUT2D eigenvalue weighted by molar-refractivity contribution is 6.21. The summed E-state index contributed by atoms with van der Waals surface area (Å²) in [4.78, 5) is 13.2. The number of likely N-dealkylation sites (tertiary alicyclic amines) is 1. The van der Waals surface area contributed by atoms with E-state index in [4.69, 9.17) is 11.6 Å². The standard InChI is InChI=1S/C8H12ClNO/c1-10-7-4-5(8(10)11)2-3-6(7)9/h5-7H,2-4H2,1H3/t5-,6-,7+/m0/s1. The lowest BCUT2D eigenvalue weighted by molar-refractivity contribution is -0.130. The predicted molar refractivity (Wildman–Crippen MR) is 43.5 cm³/mol. The first-order valence-electron chi connectivity index (χ1n) is 4.11. The van der Waals surface area contributed by atoms with Gasteiger partial charge in [-0.15, -0.1) is 11.6 Å². The second-order valence-electron chi connectivity index (χ2n) is 3.54. The van der Waals surface area contributed by atoms with Crippen molar-refractivity contribution < 1.29 is 4.79 Å². The molecule has 3 heteroatoms. The summed E-state index contributed by atoms with van der Waals surface area (Å²) >= 11 is 6.08. The molecule has 11 heavy (non-hydrogen) atoms. The van der Waals surface area contributed by atoms with Crippen molar-refractivity contribution in [3.8, 4) is 0 Å². The first-order valence-corrected chi connectivity index (χ1v) is 4.54. The third kappa shape index (κ3) is 0.959. The fourth-order valence-corrected chi connectivity index (χ4v) is 2.58. The summed E-state index contributed by atoms with van der Waals surface area (Å²) in [7, 11) is 1.87. The molecule has 0 unspecified atom stereocenters. The van der Waals surface area contributed by atoms with Gasteiger partial charge in [-0.2, -0.15) is 0 Å². The van der Waals surface area contributed by atoms with Crippen LogP contribution in [0.3, 0.4) is 0 Å². The van der Waals surface area contributed by atoms with Gasteiger partial charge in [0.15, 0.2) is 0 Å². The Hall–Kier alpha value is -0.240. The molecule has 0 N–H and O–H groups in total. The molecule has 0 aromatic rings. The van der Waals surface area contributed by atoms with Gasteiger partial charge in [-0.05, 0) is 19.3 Å². The molecule has 1 aliphatic heterocycles. The summed E-state index contributed by atoms with van der Waals surface area (Å²) < 4.78 is 0. The lowest BCUT2D eigenvalue weighted by atomic mass is 9.90. The van der Waals surface area contributed by atoms with Crippen molar-refractivity contribution in [3.05, 3.63) is 0 Å². The molecule has 2 fully saturated rings. The van der Waals surface area contributed by atoms with E-state index in [2.05, 4.69) is 0 Å². The molecule has 1 amide bonds. The number of carbonyl (C=O) groups excluding carboxylic acids is 1. The fraction of sp³-hybridized carbons (Fsp3) is 0.875. The van der Waals surface area contributed by atoms with Gasteiger partial charge in [0.1, 0.15) is 0 Å². The highest BCUT2D eigenvalue weighted by Gasteiger charge is 2.44. The third-order valence-electron chi connectivity index (χ3n) is 2.93. The SMILES string of the molecule is CN1C(=O)[C@H]2CC[C@H](Cl)[C@H]1C2. The van der Waals surface area contributed by atoms with E-state index in [1.165, 1.54) is 0 Å². The van der Waals surface area contributed by atoms with Crippen LogP contribution in [0, 0.1) is 5.92 Å². The molecule has 1 heterocycles. The van der Waals surface area contributed by atoms with Crippen LogP contribution in [0.2, 0.25) is 0 Å². The second kappa shape index (κ2) is 2.37. The number of nitrogens with zero attached hydrogens (tertiary/aromatic N) is 1. The highest BCUT2D eigenvalue weighted by atomic mass is 35.5. The number of alkyl halides is 1. The van der Waals surface area contributed by atoms with Gasteiger partial charge >= 0.3 is 0 Å². The summed E-state index contributed by atoms with van der Waals surface area (Å²) in [6.07, 6.45) is 2.99. The molecule has 0 aromatic carbocycles. The maximum absolute atomic E-state index is 11.4. The van der Waals surface area contributed by atoms with Crippen molar-refractivity contribution in [1.29, 1.82) is 0 Å². The minimum atomic E-state index is 0.197. The van der Waals surface area contributed by atoms with Crippen LogP contribution < -0.4 is 0 Å². The number of amides is 1. The average Bonchev–Trinajstić information content (AvgIpc) is 2.24. The minimum absolute atomic E-state index is 0.197. The van der Waals surface area contributed by atoms with E-state index in [9.17, 15) is 4.79 Å². The van der Waals surface area contributed by atoms with Crippen molar-refractivity contribution in [1.82, 2.24) is 4.90 Å². The van der Waals surface area contributed by atoms with Crippen LogP contribution in [0.15, 0.2) is 0 Å². The van der Waals surface area contributed by atoms with E-state index in [1.54, 1.807) is 0 Å². The molecule has 2 nitrogen and oxygen atoms in total. The molecule has 0 radical (unpaired) electrons. The molecular weight excluding hydrogens is 162 g/mol. The van der Waals surface area contributed by atoms with Gasteiger partial charge in [0.25, 0.3) is 0 Å². The van der Waals surface area contributed by atoms with Gasteiger partial charge in [0, 0.05) is 19.0 Å². The normalized spacial score (nSPS) is 43.3. The van der Waals surface area contributed by atoms with Crippen molar-refractivity contribution >= 4 is 17.5 Å². The van der Waals surface area contributed by atoms with E-state index in [0.717, 1.165) is 19.3 Å². The number of hydrogen-bond donors (Lipinski definition) is 0. The molecule has 1 saturated carbocycles. The monoisotopic (exact) mass is 173 g/mol. The summed E-state index contributed by atoms with van der Waals surface area (Å²) in [6, 6.07) is 0.322. The van der Waals surface area contributed by atoms with Crippen LogP contribution in [0.25, 0.3) is 0 Å². The van der Waals surface area contributed by atoms with Gasteiger partial charge in [0.05, 0.1) is 5.38 Å². The van der Waals surface area contributed by atoms with E-state index in [-0.39, 0.29) is 5.38 Å². The second-order valence-corrected chi connectivity index (χ2v) is 4.10. The highest BCUT2D eigenvalue weighted by Crippen LogP contribution is 2.37. The average molecular weight is 174 g/mol. The Morgan fingerprint density at radius 1 is 1.55 bits per heavy atom. The maximum Gasteiger partial charge on any atom is 0.225 e. The molecule has 2 bridgehead atoms. The van der Waals surface area contributed by atoms with Crippen molar-refractivity contribution in [3.63, 3.8) is 0 Å². The molecule has 0 aromatic heterocycles. The van der Waals surface area contributed by atoms with Crippen LogP contribution in [0.5, 0.6) is 0 Å². The molecule has 2 aliphatic rings. The van der Waals surface area contributed by atoms with E-state index >= 15 is 0 Å². The third-order valence-corrected chi connectivity index (χ3v) is 3.44. The predicted octanol–water partition coefficient (Wildman–Crippen LogP) is 1.23. The first-order chi connectivity index (χ1) is 5.20. The Morgan fingerprint density at radius 2 is 2.27 bits per heavy atom. The summed E-state index contributed by atoms with van der Waals surface area (Å²) in [6.45, 7) is 0. The molecule has 3 atom stereocenters. The maximum atomic E-state index is 11.4. The van der Waals surface area contributed by atoms with Crippen LogP contribution in [-0.4, -0.2) is 29.3 Å². The van der Waals surface area contributed by atoms with Gasteiger partial charge in [-0.1, -0.05) is 0 Å². The fourth-order valence-electron chi connectivity index (χ4n) is 2.19. The van der Waals surface area contributed by atoms with E-state index in [1.807, 2.05) is 11.9 Å². The Morgan fingerprint density at radius 3 is 2.91 bits per heavy atom. The van der Waals surface area contributed by atoms with Crippen molar-refractivity contribution in [2.75, 3.05) is 7.05 Å². The van der Waals surface area contributed by atoms with Gasteiger partial charge in [-0.25, -0.2) is 0 Å². The van der Waals surface area contributed by atoms with Gasteiger partial charge in [-0.3, -0.25) is 4.79 Å². The van der Waals surface area contributed by atoms with E-state index < -0.39 is 0 Å². The zero-order valence-corrected chi connectivity index (χ0v) is 7.34. The zero-order chi connectivity index (χ0) is 8.01. The smallest absolute Gasteiger partial charge is 0.225 e. The van der Waals surface area contributed by atoms with E-state index in [0.29, 0.717) is 17.9 Å². The number of fused-ring (bicyclic) bond motifs is 2. The summed E-state index contributed by atoms with van der Waals surface area (Å²) in [5.74, 6) is 0.596. The summed E-state index contributed by atoms with van der Waals surface area (Å²) in [5, 5.41) is 0.197. The molecule has 2 rings (SSSR count). The Labute approximate surface area is 71.5 Å². The van der Waals surface area contributed by atoms with Crippen LogP contribution >= 0.6 is 11.6 Å². The van der Waals surface area contributed by atoms with Crippen LogP contribution in [-0.2, 0) is 4.79 Å². The molecule has 1 aliphatic carbocycles. The number of rotatable bonds is 0. The molecule has 0 spiro atoms. The van der Waals surface area contributed by atoms with Crippen molar-refractivity contribution in [2.45, 2.75) is 30.7 Å². The van der Waals surface area contributed by atoms with Crippen LogP contribution in [0.4, 0.5) is 0 Å². The number of halogens is 1. The van der Waals surface area contributed by atoms with Gasteiger partial charge < -0.3 is 4.90 Å². The lowest BCUT2D eigenvalue weighted by Crippen LogP contribution is -2.34. The molecule has 1 saturated heterocycles. The number of carbonyl (C=O) groups is 1. The Balaban J connectivity index is 2.22. The largest absolute Gasteiger partial charge is 0.341 e. The first kappa shape index (κ1) is 7.41. The Bertz CT molecular complexity index is 195. The zero-order valence-electron chi connectivity index (χ0n) is 6.59.